The lowest BCUT2D eigenvalue weighted by Gasteiger charge is -2.34. The average molecular weight is 418 g/mol. The lowest BCUT2D eigenvalue weighted by Crippen LogP contribution is -2.42. The van der Waals surface area contributed by atoms with Crippen molar-refractivity contribution >= 4 is 11.8 Å². The van der Waals surface area contributed by atoms with Crippen molar-refractivity contribution in [1.29, 1.82) is 0 Å². The molecule has 160 valence electrons. The van der Waals surface area contributed by atoms with Gasteiger partial charge in [0.1, 0.15) is 17.5 Å². The van der Waals surface area contributed by atoms with Crippen molar-refractivity contribution in [3.63, 3.8) is 0 Å². The first kappa shape index (κ1) is 21.9. The van der Waals surface area contributed by atoms with Gasteiger partial charge in [-0.15, -0.1) is 0 Å². The van der Waals surface area contributed by atoms with Gasteiger partial charge in [-0.2, -0.15) is 0 Å². The van der Waals surface area contributed by atoms with Crippen molar-refractivity contribution in [3.05, 3.63) is 71.0 Å². The Kier molecular flexibility index (Phi) is 7.49. The summed E-state index contributed by atoms with van der Waals surface area (Å²) in [5.41, 5.74) is 0.576. The molecule has 0 heterocycles. The Balaban J connectivity index is 1.60. The monoisotopic (exact) mass is 418 g/mol. The van der Waals surface area contributed by atoms with E-state index >= 15 is 0 Å². The van der Waals surface area contributed by atoms with E-state index in [0.29, 0.717) is 12.6 Å². The summed E-state index contributed by atoms with van der Waals surface area (Å²) >= 11 is 0. The van der Waals surface area contributed by atoms with Crippen LogP contribution in [0.4, 0.5) is 13.2 Å². The van der Waals surface area contributed by atoms with E-state index in [1.165, 1.54) is 12.1 Å². The molecular weight excluding hydrogens is 393 g/mol. The van der Waals surface area contributed by atoms with Crippen LogP contribution in [0.1, 0.15) is 54.4 Å². The van der Waals surface area contributed by atoms with Crippen LogP contribution in [-0.4, -0.2) is 29.3 Å². The van der Waals surface area contributed by atoms with Crippen LogP contribution in [-0.2, 0) is 11.3 Å². The van der Waals surface area contributed by atoms with E-state index in [2.05, 4.69) is 5.32 Å². The van der Waals surface area contributed by atoms with E-state index < -0.39 is 17.5 Å². The van der Waals surface area contributed by atoms with Crippen molar-refractivity contribution < 1.29 is 22.8 Å². The minimum absolute atomic E-state index is 0.0428. The van der Waals surface area contributed by atoms with Gasteiger partial charge in [-0.05, 0) is 42.7 Å². The summed E-state index contributed by atoms with van der Waals surface area (Å²) < 4.78 is 39.9. The van der Waals surface area contributed by atoms with Crippen LogP contribution in [0.25, 0.3) is 0 Å². The van der Waals surface area contributed by atoms with Gasteiger partial charge in [0.05, 0.1) is 5.56 Å². The lowest BCUT2D eigenvalue weighted by atomic mass is 9.93. The van der Waals surface area contributed by atoms with Gasteiger partial charge in [-0.25, -0.2) is 13.2 Å². The van der Waals surface area contributed by atoms with Crippen molar-refractivity contribution in [2.24, 2.45) is 0 Å². The van der Waals surface area contributed by atoms with Gasteiger partial charge in [0.15, 0.2) is 0 Å². The van der Waals surface area contributed by atoms with Crippen LogP contribution >= 0.6 is 0 Å². The molecule has 1 N–H and O–H groups in total. The third-order valence-electron chi connectivity index (χ3n) is 5.40. The highest BCUT2D eigenvalue weighted by Gasteiger charge is 2.25. The van der Waals surface area contributed by atoms with Gasteiger partial charge in [0.25, 0.3) is 5.91 Å². The van der Waals surface area contributed by atoms with Crippen molar-refractivity contribution in [2.75, 3.05) is 6.54 Å². The summed E-state index contributed by atoms with van der Waals surface area (Å²) in [6.45, 7) is 0.422. The highest BCUT2D eigenvalue weighted by molar-refractivity contribution is 5.94. The minimum atomic E-state index is -0.945. The second-order valence-electron chi connectivity index (χ2n) is 7.57. The zero-order valence-corrected chi connectivity index (χ0v) is 16.7. The van der Waals surface area contributed by atoms with Gasteiger partial charge < -0.3 is 10.2 Å². The largest absolute Gasteiger partial charge is 0.351 e. The molecule has 4 nitrogen and oxygen atoms in total. The van der Waals surface area contributed by atoms with E-state index in [-0.39, 0.29) is 36.3 Å². The SMILES string of the molecule is O=C(NCCC(=O)N(Cc1ccc(F)cc1)C1CCCCC1)c1ccc(F)cc1F. The molecule has 1 aliphatic carbocycles. The summed E-state index contributed by atoms with van der Waals surface area (Å²) in [6, 6.07) is 8.91. The van der Waals surface area contributed by atoms with Crippen LogP contribution < -0.4 is 5.32 Å². The molecule has 30 heavy (non-hydrogen) atoms. The molecule has 0 bridgehead atoms. The number of benzene rings is 2. The van der Waals surface area contributed by atoms with Crippen molar-refractivity contribution in [2.45, 2.75) is 51.1 Å². The van der Waals surface area contributed by atoms with E-state index in [4.69, 9.17) is 0 Å². The number of halogens is 3. The molecule has 0 saturated heterocycles. The number of nitrogens with one attached hydrogen (secondary N) is 1. The zero-order chi connectivity index (χ0) is 21.5. The van der Waals surface area contributed by atoms with Crippen LogP contribution in [0.2, 0.25) is 0 Å². The van der Waals surface area contributed by atoms with Crippen molar-refractivity contribution in [3.8, 4) is 0 Å². The summed E-state index contributed by atoms with van der Waals surface area (Å²) in [6.07, 6.45) is 5.15. The van der Waals surface area contributed by atoms with Crippen LogP contribution in [0.5, 0.6) is 0 Å². The molecule has 0 unspecified atom stereocenters. The fraction of sp³-hybridized carbons (Fsp3) is 0.391. The smallest absolute Gasteiger partial charge is 0.254 e. The second-order valence-corrected chi connectivity index (χ2v) is 7.57. The molecule has 0 spiro atoms. The Morgan fingerprint density at radius 2 is 1.60 bits per heavy atom. The molecule has 2 amide bonds. The molecule has 0 aromatic heterocycles. The van der Waals surface area contributed by atoms with Gasteiger partial charge in [0, 0.05) is 31.6 Å². The normalized spacial score (nSPS) is 14.4. The molecule has 7 heteroatoms. The molecule has 2 aromatic carbocycles. The summed E-state index contributed by atoms with van der Waals surface area (Å²) in [5.74, 6) is -2.85. The number of rotatable bonds is 7. The summed E-state index contributed by atoms with van der Waals surface area (Å²) in [5, 5.41) is 2.52. The number of carbonyl (C=O) groups excluding carboxylic acids is 2. The fourth-order valence-corrected chi connectivity index (χ4v) is 3.80. The number of hydrogen-bond donors (Lipinski definition) is 1. The summed E-state index contributed by atoms with van der Waals surface area (Å²) in [4.78, 5) is 26.8. The topological polar surface area (TPSA) is 49.4 Å². The number of carbonyl (C=O) groups is 2. The van der Waals surface area contributed by atoms with Gasteiger partial charge >= 0.3 is 0 Å². The minimum Gasteiger partial charge on any atom is -0.351 e. The highest BCUT2D eigenvalue weighted by Crippen LogP contribution is 2.25. The standard InChI is InChI=1S/C23H25F3N2O2/c24-17-8-6-16(7-9-17)15-28(19-4-2-1-3-5-19)22(29)12-13-27-23(30)20-11-10-18(25)14-21(20)26/h6-11,14,19H,1-5,12-13,15H2,(H,27,30). The molecule has 0 atom stereocenters. The molecule has 1 saturated carbocycles. The van der Waals surface area contributed by atoms with Crippen LogP contribution in [0, 0.1) is 17.5 Å². The quantitative estimate of drug-likeness (QED) is 0.715. The van der Waals surface area contributed by atoms with Gasteiger partial charge in [0.2, 0.25) is 5.91 Å². The van der Waals surface area contributed by atoms with Gasteiger partial charge in [-0.1, -0.05) is 31.4 Å². The maximum absolute atomic E-state index is 13.7. The summed E-state index contributed by atoms with van der Waals surface area (Å²) in [7, 11) is 0. The maximum atomic E-state index is 13.7. The van der Waals surface area contributed by atoms with E-state index in [0.717, 1.165) is 49.8 Å². The predicted octanol–water partition coefficient (Wildman–Crippen LogP) is 4.59. The maximum Gasteiger partial charge on any atom is 0.254 e. The number of nitrogens with zero attached hydrogens (tertiary/aromatic N) is 1. The first-order valence-electron chi connectivity index (χ1n) is 10.2. The first-order chi connectivity index (χ1) is 14.4. The van der Waals surface area contributed by atoms with Crippen LogP contribution in [0.15, 0.2) is 42.5 Å². The predicted molar refractivity (Wildman–Crippen MR) is 107 cm³/mol. The van der Waals surface area contributed by atoms with Crippen LogP contribution in [0.3, 0.4) is 0 Å². The Morgan fingerprint density at radius 3 is 2.27 bits per heavy atom. The fourth-order valence-electron chi connectivity index (χ4n) is 3.80. The Bertz CT molecular complexity index is 881. The second kappa shape index (κ2) is 10.3. The number of hydrogen-bond acceptors (Lipinski definition) is 2. The van der Waals surface area contributed by atoms with E-state index in [9.17, 15) is 22.8 Å². The molecule has 2 aromatic rings. The molecule has 3 rings (SSSR count). The first-order valence-corrected chi connectivity index (χ1v) is 10.2. The molecular formula is C23H25F3N2O2. The van der Waals surface area contributed by atoms with Gasteiger partial charge in [-0.3, -0.25) is 9.59 Å². The molecule has 1 fully saturated rings. The number of amides is 2. The third-order valence-corrected chi connectivity index (χ3v) is 5.40. The molecule has 0 radical (unpaired) electrons. The Hall–Kier alpha value is -2.83. The zero-order valence-electron chi connectivity index (χ0n) is 16.7. The lowest BCUT2D eigenvalue weighted by molar-refractivity contribution is -0.134. The average Bonchev–Trinajstić information content (AvgIpc) is 2.73. The third kappa shape index (κ3) is 5.84. The molecule has 1 aliphatic rings. The molecule has 0 aliphatic heterocycles. The Morgan fingerprint density at radius 1 is 0.933 bits per heavy atom. The Labute approximate surface area is 174 Å². The van der Waals surface area contributed by atoms with E-state index in [1.54, 1.807) is 17.0 Å². The van der Waals surface area contributed by atoms with E-state index in [1.807, 2.05) is 0 Å². The van der Waals surface area contributed by atoms with Crippen molar-refractivity contribution in [1.82, 2.24) is 10.2 Å². The highest BCUT2D eigenvalue weighted by atomic mass is 19.1.